The van der Waals surface area contributed by atoms with Gasteiger partial charge in [-0.1, -0.05) is 11.8 Å². The normalized spacial score (nSPS) is 11.4. The smallest absolute Gasteiger partial charge is 0.321 e. The predicted molar refractivity (Wildman–Crippen MR) is 102 cm³/mol. The molecule has 12 heteroatoms. The van der Waals surface area contributed by atoms with Gasteiger partial charge in [-0.25, -0.2) is 13.4 Å². The zero-order chi connectivity index (χ0) is 19.9. The summed E-state index contributed by atoms with van der Waals surface area (Å²) in [6, 6.07) is 7.11. The van der Waals surface area contributed by atoms with Crippen LogP contribution in [0.15, 0.2) is 40.2 Å². The highest BCUT2D eigenvalue weighted by Gasteiger charge is 2.17. The van der Waals surface area contributed by atoms with Gasteiger partial charge in [-0.3, -0.25) is 10.0 Å². The molecule has 0 radical (unpaired) electrons. The molecule has 0 unspecified atom stereocenters. The molecule has 0 amide bonds. The van der Waals surface area contributed by atoms with Gasteiger partial charge >= 0.3 is 6.01 Å². The molecule has 0 bridgehead atoms. The van der Waals surface area contributed by atoms with Crippen LogP contribution in [0.1, 0.15) is 0 Å². The SMILES string of the molecule is COc1cc(NS(=O)(=O)c2ccc(N=C(NC#N)SC)cc2)nc(OC)n1. The number of ether oxygens (including phenoxy) is 2. The maximum Gasteiger partial charge on any atom is 0.321 e. The standard InChI is InChI=1S/C15H16N6O4S2/c1-24-13-8-12(19-14(20-13)25-2)21-27(22,23)11-6-4-10(5-7-11)18-15(26-3)17-9-16/h4-8H,1-3H3,(H,17,18)(H,19,20,21). The second-order valence-corrected chi connectivity index (χ2v) is 7.22. The summed E-state index contributed by atoms with van der Waals surface area (Å²) in [4.78, 5) is 12.0. The van der Waals surface area contributed by atoms with Crippen LogP contribution in [0.2, 0.25) is 0 Å². The van der Waals surface area contributed by atoms with E-state index in [0.717, 1.165) is 0 Å². The first-order chi connectivity index (χ1) is 12.9. The van der Waals surface area contributed by atoms with Crippen molar-refractivity contribution in [2.75, 3.05) is 25.2 Å². The Balaban J connectivity index is 2.26. The maximum atomic E-state index is 12.5. The Morgan fingerprint density at radius 1 is 1.22 bits per heavy atom. The van der Waals surface area contributed by atoms with E-state index in [-0.39, 0.29) is 22.6 Å². The number of rotatable bonds is 6. The van der Waals surface area contributed by atoms with Crippen LogP contribution in [0, 0.1) is 11.5 Å². The zero-order valence-electron chi connectivity index (χ0n) is 14.6. The molecule has 2 rings (SSSR count). The number of anilines is 1. The number of aliphatic imine (C=N–C) groups is 1. The average molecular weight is 408 g/mol. The third kappa shape index (κ3) is 5.47. The lowest BCUT2D eigenvalue weighted by molar-refractivity contribution is 0.353. The summed E-state index contributed by atoms with van der Waals surface area (Å²) in [6.07, 6.45) is 3.54. The fraction of sp³-hybridized carbons (Fsp3) is 0.200. The van der Waals surface area contributed by atoms with E-state index in [2.05, 4.69) is 25.0 Å². The quantitative estimate of drug-likeness (QED) is 0.316. The van der Waals surface area contributed by atoms with Gasteiger partial charge in [-0.15, -0.1) is 0 Å². The summed E-state index contributed by atoms with van der Waals surface area (Å²) in [7, 11) is -1.15. The van der Waals surface area contributed by atoms with Crippen molar-refractivity contribution in [2.24, 2.45) is 4.99 Å². The Morgan fingerprint density at radius 3 is 2.48 bits per heavy atom. The molecular weight excluding hydrogens is 392 g/mol. The zero-order valence-corrected chi connectivity index (χ0v) is 16.3. The molecule has 2 N–H and O–H groups in total. The highest BCUT2D eigenvalue weighted by atomic mass is 32.2. The van der Waals surface area contributed by atoms with E-state index in [4.69, 9.17) is 14.7 Å². The summed E-state index contributed by atoms with van der Waals surface area (Å²) >= 11 is 1.26. The summed E-state index contributed by atoms with van der Waals surface area (Å²) in [6.45, 7) is 0. The second-order valence-electron chi connectivity index (χ2n) is 4.74. The minimum Gasteiger partial charge on any atom is -0.481 e. The third-order valence-electron chi connectivity index (χ3n) is 3.05. The number of thioether (sulfide) groups is 1. The van der Waals surface area contributed by atoms with E-state index in [0.29, 0.717) is 10.9 Å². The van der Waals surface area contributed by atoms with Crippen LogP contribution in [0.5, 0.6) is 11.9 Å². The number of nitrogens with one attached hydrogen (secondary N) is 2. The first-order valence-electron chi connectivity index (χ1n) is 7.29. The minimum atomic E-state index is -3.90. The Hall–Kier alpha value is -3.04. The van der Waals surface area contributed by atoms with Gasteiger partial charge in [0.2, 0.25) is 5.88 Å². The summed E-state index contributed by atoms with van der Waals surface area (Å²) in [5.74, 6) is 0.155. The molecule has 0 fully saturated rings. The maximum absolute atomic E-state index is 12.5. The van der Waals surface area contributed by atoms with Crippen molar-refractivity contribution in [1.29, 1.82) is 5.26 Å². The van der Waals surface area contributed by atoms with E-state index in [1.54, 1.807) is 12.4 Å². The fourth-order valence-corrected chi connectivity index (χ4v) is 3.17. The first kappa shape index (κ1) is 20.3. The molecule has 0 saturated heterocycles. The van der Waals surface area contributed by atoms with Crippen molar-refractivity contribution in [2.45, 2.75) is 4.90 Å². The van der Waals surface area contributed by atoms with E-state index >= 15 is 0 Å². The molecule has 0 spiro atoms. The summed E-state index contributed by atoms with van der Waals surface area (Å²) < 4.78 is 37.3. The van der Waals surface area contributed by atoms with Gasteiger partial charge in [-0.05, 0) is 30.5 Å². The number of methoxy groups -OCH3 is 2. The van der Waals surface area contributed by atoms with Gasteiger partial charge in [0.25, 0.3) is 10.0 Å². The van der Waals surface area contributed by atoms with Gasteiger partial charge in [0.1, 0.15) is 0 Å². The minimum absolute atomic E-state index is 0.00341. The highest BCUT2D eigenvalue weighted by molar-refractivity contribution is 8.13. The molecule has 27 heavy (non-hydrogen) atoms. The number of sulfonamides is 1. The van der Waals surface area contributed by atoms with Gasteiger partial charge < -0.3 is 9.47 Å². The van der Waals surface area contributed by atoms with E-state index in [9.17, 15) is 8.42 Å². The van der Waals surface area contributed by atoms with Crippen molar-refractivity contribution < 1.29 is 17.9 Å². The lowest BCUT2D eigenvalue weighted by atomic mass is 10.3. The monoisotopic (exact) mass is 408 g/mol. The second kappa shape index (κ2) is 9.06. The van der Waals surface area contributed by atoms with Crippen LogP contribution < -0.4 is 19.5 Å². The van der Waals surface area contributed by atoms with E-state index in [1.807, 2.05) is 0 Å². The molecule has 0 saturated carbocycles. The van der Waals surface area contributed by atoms with Crippen LogP contribution in [0.3, 0.4) is 0 Å². The highest BCUT2D eigenvalue weighted by Crippen LogP contribution is 2.22. The number of amidine groups is 1. The molecule has 1 heterocycles. The summed E-state index contributed by atoms with van der Waals surface area (Å²) in [5.41, 5.74) is 0.492. The van der Waals surface area contributed by atoms with Crippen molar-refractivity contribution in [3.63, 3.8) is 0 Å². The molecule has 0 atom stereocenters. The summed E-state index contributed by atoms with van der Waals surface area (Å²) in [5, 5.41) is 11.5. The van der Waals surface area contributed by atoms with Gasteiger partial charge in [0.05, 0.1) is 24.8 Å². The van der Waals surface area contributed by atoms with Gasteiger partial charge in [0, 0.05) is 6.07 Å². The number of hydrogen-bond acceptors (Lipinski definition) is 9. The van der Waals surface area contributed by atoms with E-state index < -0.39 is 10.0 Å². The largest absolute Gasteiger partial charge is 0.481 e. The topological polar surface area (TPSA) is 139 Å². The van der Waals surface area contributed by atoms with Crippen LogP contribution >= 0.6 is 11.8 Å². The Bertz CT molecular complexity index is 949. The van der Waals surface area contributed by atoms with Crippen LogP contribution in [-0.4, -0.2) is 44.0 Å². The first-order valence-corrected chi connectivity index (χ1v) is 10.0. The van der Waals surface area contributed by atoms with Gasteiger partial charge in [0.15, 0.2) is 17.2 Å². The Kier molecular flexibility index (Phi) is 6.80. The predicted octanol–water partition coefficient (Wildman–Crippen LogP) is 1.72. The molecule has 0 aliphatic rings. The molecule has 1 aromatic carbocycles. The Morgan fingerprint density at radius 2 is 1.93 bits per heavy atom. The van der Waals surface area contributed by atoms with Crippen LogP contribution in [-0.2, 0) is 10.0 Å². The molecule has 0 aliphatic carbocycles. The lowest BCUT2D eigenvalue weighted by Crippen LogP contribution is -2.14. The number of aromatic nitrogens is 2. The van der Waals surface area contributed by atoms with Crippen molar-refractivity contribution in [3.8, 4) is 18.1 Å². The Labute approximate surface area is 160 Å². The molecule has 10 nitrogen and oxygen atoms in total. The molecule has 2 aromatic rings. The number of hydrogen-bond donors (Lipinski definition) is 2. The number of benzene rings is 1. The van der Waals surface area contributed by atoms with Crippen molar-refractivity contribution >= 4 is 38.5 Å². The number of nitrogens with zero attached hydrogens (tertiary/aromatic N) is 4. The van der Waals surface area contributed by atoms with Crippen molar-refractivity contribution in [3.05, 3.63) is 30.3 Å². The number of nitriles is 1. The molecule has 1 aromatic heterocycles. The molecular formula is C15H16N6O4S2. The average Bonchev–Trinajstić information content (AvgIpc) is 2.67. The van der Waals surface area contributed by atoms with Crippen LogP contribution in [0.25, 0.3) is 0 Å². The van der Waals surface area contributed by atoms with Crippen LogP contribution in [0.4, 0.5) is 11.5 Å². The van der Waals surface area contributed by atoms with Gasteiger partial charge in [-0.2, -0.15) is 15.2 Å². The van der Waals surface area contributed by atoms with E-state index in [1.165, 1.54) is 56.3 Å². The van der Waals surface area contributed by atoms with Crippen molar-refractivity contribution in [1.82, 2.24) is 15.3 Å². The molecule has 142 valence electrons. The molecule has 0 aliphatic heterocycles. The lowest BCUT2D eigenvalue weighted by Gasteiger charge is -2.09. The third-order valence-corrected chi connectivity index (χ3v) is 5.00. The fourth-order valence-electron chi connectivity index (χ4n) is 1.84.